The molecule has 1 aromatic carbocycles. The molecule has 0 fully saturated rings. The van der Waals surface area contributed by atoms with Crippen LogP contribution in [0.5, 0.6) is 0 Å². The van der Waals surface area contributed by atoms with Crippen molar-refractivity contribution in [3.63, 3.8) is 0 Å². The second-order valence-electron chi connectivity index (χ2n) is 5.71. The molecule has 134 valence electrons. The summed E-state index contributed by atoms with van der Waals surface area (Å²) in [7, 11) is 1.95. The number of amides is 1. The Morgan fingerprint density at radius 3 is 2.36 bits per heavy atom. The third kappa shape index (κ3) is 5.20. The zero-order valence-electron chi connectivity index (χ0n) is 14.1. The summed E-state index contributed by atoms with van der Waals surface area (Å²) < 4.78 is 37.6. The predicted molar refractivity (Wildman–Crippen MR) is 91.8 cm³/mol. The van der Waals surface area contributed by atoms with E-state index in [1.54, 1.807) is 18.3 Å². The smallest absolute Gasteiger partial charge is 0.373 e. The first-order chi connectivity index (χ1) is 11.8. The molecule has 0 saturated heterocycles. The number of nitrogens with one attached hydrogen (secondary N) is 1. The van der Waals surface area contributed by atoms with Gasteiger partial charge >= 0.3 is 6.18 Å². The second kappa shape index (κ2) is 8.00. The highest BCUT2D eigenvalue weighted by Gasteiger charge is 2.30. The lowest BCUT2D eigenvalue weighted by Crippen LogP contribution is -2.19. The van der Waals surface area contributed by atoms with Crippen LogP contribution in [0.25, 0.3) is 0 Å². The summed E-state index contributed by atoms with van der Waals surface area (Å²) in [4.78, 5) is 18.3. The number of hydrogen-bond donors (Lipinski definition) is 1. The van der Waals surface area contributed by atoms with Crippen molar-refractivity contribution in [2.45, 2.75) is 25.9 Å². The Morgan fingerprint density at radius 2 is 1.84 bits per heavy atom. The monoisotopic (exact) mass is 351 g/mol. The van der Waals surface area contributed by atoms with E-state index >= 15 is 0 Å². The van der Waals surface area contributed by atoms with Crippen molar-refractivity contribution in [2.24, 2.45) is 0 Å². The van der Waals surface area contributed by atoms with Gasteiger partial charge in [-0.2, -0.15) is 13.2 Å². The van der Waals surface area contributed by atoms with E-state index in [9.17, 15) is 18.0 Å². The number of benzene rings is 1. The fourth-order valence-electron chi connectivity index (χ4n) is 2.21. The van der Waals surface area contributed by atoms with E-state index in [1.807, 2.05) is 11.9 Å². The molecule has 0 spiro atoms. The Morgan fingerprint density at radius 1 is 1.16 bits per heavy atom. The van der Waals surface area contributed by atoms with Gasteiger partial charge in [-0.3, -0.25) is 4.79 Å². The Balaban J connectivity index is 2.01. The quantitative estimate of drug-likeness (QED) is 0.828. The molecule has 7 heteroatoms. The van der Waals surface area contributed by atoms with Crippen LogP contribution < -0.4 is 10.2 Å². The van der Waals surface area contributed by atoms with E-state index in [-0.39, 0.29) is 11.4 Å². The maximum Gasteiger partial charge on any atom is 0.416 e. The Kier molecular flexibility index (Phi) is 6.01. The lowest BCUT2D eigenvalue weighted by molar-refractivity contribution is -0.137. The molecule has 0 bridgehead atoms. The zero-order valence-corrected chi connectivity index (χ0v) is 14.1. The molecule has 0 unspecified atom stereocenters. The molecule has 0 aliphatic rings. The molecule has 1 aromatic heterocycles. The zero-order chi connectivity index (χ0) is 18.4. The van der Waals surface area contributed by atoms with Crippen molar-refractivity contribution in [3.8, 4) is 0 Å². The predicted octanol–water partition coefficient (Wildman–Crippen LogP) is 4.59. The minimum absolute atomic E-state index is 0.201. The van der Waals surface area contributed by atoms with Crippen LogP contribution in [0.1, 0.15) is 35.8 Å². The van der Waals surface area contributed by atoms with Gasteiger partial charge in [-0.15, -0.1) is 0 Å². The first kappa shape index (κ1) is 18.8. The largest absolute Gasteiger partial charge is 0.416 e. The summed E-state index contributed by atoms with van der Waals surface area (Å²) in [6, 6.07) is 7.67. The molecule has 0 atom stereocenters. The van der Waals surface area contributed by atoms with Crippen LogP contribution in [0.3, 0.4) is 0 Å². The normalized spacial score (nSPS) is 11.2. The van der Waals surface area contributed by atoms with Crippen molar-refractivity contribution in [1.29, 1.82) is 0 Å². The molecule has 1 heterocycles. The molecule has 4 nitrogen and oxygen atoms in total. The molecule has 1 amide bonds. The lowest BCUT2D eigenvalue weighted by atomic mass is 10.2. The topological polar surface area (TPSA) is 45.2 Å². The summed E-state index contributed by atoms with van der Waals surface area (Å²) in [6.07, 6.45) is -0.640. The molecule has 0 radical (unpaired) electrons. The van der Waals surface area contributed by atoms with E-state index in [4.69, 9.17) is 0 Å². The highest BCUT2D eigenvalue weighted by atomic mass is 19.4. The van der Waals surface area contributed by atoms with Crippen LogP contribution in [0.15, 0.2) is 42.6 Å². The first-order valence-corrected chi connectivity index (χ1v) is 7.97. The van der Waals surface area contributed by atoms with E-state index in [2.05, 4.69) is 17.2 Å². The number of unbranched alkanes of at least 4 members (excludes halogenated alkanes) is 1. The molecule has 0 aliphatic carbocycles. The molecule has 0 aliphatic heterocycles. The summed E-state index contributed by atoms with van der Waals surface area (Å²) >= 11 is 0. The van der Waals surface area contributed by atoms with Gasteiger partial charge in [-0.25, -0.2) is 4.98 Å². The average molecular weight is 351 g/mol. The molecule has 25 heavy (non-hydrogen) atoms. The number of pyridine rings is 1. The van der Waals surface area contributed by atoms with Gasteiger partial charge in [-0.1, -0.05) is 13.3 Å². The number of nitrogens with zero attached hydrogens (tertiary/aromatic N) is 2. The molecular weight excluding hydrogens is 331 g/mol. The van der Waals surface area contributed by atoms with E-state index in [0.29, 0.717) is 0 Å². The highest BCUT2D eigenvalue weighted by Crippen LogP contribution is 2.29. The van der Waals surface area contributed by atoms with Gasteiger partial charge in [0.05, 0.1) is 17.4 Å². The van der Waals surface area contributed by atoms with Crippen LogP contribution in [0, 0.1) is 0 Å². The summed E-state index contributed by atoms with van der Waals surface area (Å²) in [5.74, 6) is -0.470. The molecular formula is C18H20F3N3O. The molecule has 1 N–H and O–H groups in total. The Hall–Kier alpha value is -2.57. The third-order valence-electron chi connectivity index (χ3n) is 3.74. The van der Waals surface area contributed by atoms with Gasteiger partial charge in [0.2, 0.25) is 0 Å². The number of hydrogen-bond acceptors (Lipinski definition) is 3. The minimum atomic E-state index is -4.40. The molecule has 2 rings (SSSR count). The van der Waals surface area contributed by atoms with E-state index < -0.39 is 17.6 Å². The number of rotatable bonds is 6. The summed E-state index contributed by atoms with van der Waals surface area (Å²) in [5.41, 5.74) is 0.624. The van der Waals surface area contributed by atoms with Gasteiger partial charge in [0.1, 0.15) is 5.69 Å². The molecule has 0 saturated carbocycles. The van der Waals surface area contributed by atoms with Crippen molar-refractivity contribution in [3.05, 3.63) is 53.9 Å². The SMILES string of the molecule is CCCCN(C)c1ccc(C(=O)Nc2ccc(C(F)(F)F)cc2)nc1. The maximum atomic E-state index is 12.5. The van der Waals surface area contributed by atoms with Gasteiger partial charge in [0.15, 0.2) is 0 Å². The third-order valence-corrected chi connectivity index (χ3v) is 3.74. The second-order valence-corrected chi connectivity index (χ2v) is 5.71. The summed E-state index contributed by atoms with van der Waals surface area (Å²) in [5, 5.41) is 2.54. The van der Waals surface area contributed by atoms with E-state index in [0.717, 1.165) is 37.2 Å². The number of carbonyl (C=O) groups excluding carboxylic acids is 1. The molecule has 2 aromatic rings. The van der Waals surface area contributed by atoms with Gasteiger partial charge in [-0.05, 0) is 42.8 Å². The fourth-order valence-corrected chi connectivity index (χ4v) is 2.21. The fraction of sp³-hybridized carbons (Fsp3) is 0.333. The Bertz CT molecular complexity index is 697. The maximum absolute atomic E-state index is 12.5. The van der Waals surface area contributed by atoms with Crippen LogP contribution >= 0.6 is 0 Å². The number of anilines is 2. The van der Waals surface area contributed by atoms with Crippen LogP contribution in [-0.4, -0.2) is 24.5 Å². The standard InChI is InChI=1S/C18H20F3N3O/c1-3-4-11-24(2)15-9-10-16(22-12-15)17(25)23-14-7-5-13(6-8-14)18(19,20)21/h5-10,12H,3-4,11H2,1-2H3,(H,23,25). The lowest BCUT2D eigenvalue weighted by Gasteiger charge is -2.18. The minimum Gasteiger partial charge on any atom is -0.373 e. The number of alkyl halides is 3. The van der Waals surface area contributed by atoms with Gasteiger partial charge in [0, 0.05) is 19.3 Å². The first-order valence-electron chi connectivity index (χ1n) is 7.97. The van der Waals surface area contributed by atoms with Crippen molar-refractivity contribution < 1.29 is 18.0 Å². The van der Waals surface area contributed by atoms with Gasteiger partial charge in [0.25, 0.3) is 5.91 Å². The number of aromatic nitrogens is 1. The van der Waals surface area contributed by atoms with E-state index in [1.165, 1.54) is 12.1 Å². The van der Waals surface area contributed by atoms with Crippen molar-refractivity contribution >= 4 is 17.3 Å². The highest BCUT2D eigenvalue weighted by molar-refractivity contribution is 6.02. The van der Waals surface area contributed by atoms with Gasteiger partial charge < -0.3 is 10.2 Å². The average Bonchev–Trinajstić information content (AvgIpc) is 2.59. The number of halogens is 3. The van der Waals surface area contributed by atoms with Crippen molar-refractivity contribution in [2.75, 3.05) is 23.8 Å². The Labute approximate surface area is 144 Å². The van der Waals surface area contributed by atoms with Crippen LogP contribution in [0.2, 0.25) is 0 Å². The van der Waals surface area contributed by atoms with Crippen molar-refractivity contribution in [1.82, 2.24) is 4.98 Å². The summed E-state index contributed by atoms with van der Waals surface area (Å²) in [6.45, 7) is 3.01. The van der Waals surface area contributed by atoms with Crippen LogP contribution in [0.4, 0.5) is 24.5 Å². The van der Waals surface area contributed by atoms with Crippen LogP contribution in [-0.2, 0) is 6.18 Å². The number of carbonyl (C=O) groups is 1.